The summed E-state index contributed by atoms with van der Waals surface area (Å²) in [6.07, 6.45) is 8.93. The molecule has 25 heavy (non-hydrogen) atoms. The Morgan fingerprint density at radius 1 is 1.28 bits per heavy atom. The topological polar surface area (TPSA) is 70.6 Å². The number of hydrogen-bond donors (Lipinski definition) is 1. The monoisotopic (exact) mass is 345 g/mol. The standard InChI is InChI=1S/C18H27N5O2/c24-18(23(16-4-5-16)11-14-6-10-25-13-14)21-15-3-1-9-22(12-15)17-19-7-2-8-20-17/h2,7-8,14-16H,1,3-6,9-13H2,(H,21,24)/t14-,15-/m1/s1. The van der Waals surface area contributed by atoms with Crippen LogP contribution in [0.2, 0.25) is 0 Å². The first-order valence-corrected chi connectivity index (χ1v) is 9.46. The molecule has 0 spiro atoms. The summed E-state index contributed by atoms with van der Waals surface area (Å²) in [6.45, 7) is 4.18. The smallest absolute Gasteiger partial charge is 0.317 e. The van der Waals surface area contributed by atoms with Crippen LogP contribution in [0.15, 0.2) is 18.5 Å². The number of aromatic nitrogens is 2. The molecule has 2 amide bonds. The van der Waals surface area contributed by atoms with Crippen LogP contribution in [0, 0.1) is 5.92 Å². The molecule has 0 aromatic carbocycles. The predicted molar refractivity (Wildman–Crippen MR) is 94.5 cm³/mol. The van der Waals surface area contributed by atoms with E-state index < -0.39 is 0 Å². The zero-order chi connectivity index (χ0) is 17.1. The van der Waals surface area contributed by atoms with Crippen molar-refractivity contribution in [2.45, 2.75) is 44.2 Å². The number of piperidine rings is 1. The van der Waals surface area contributed by atoms with Crippen LogP contribution in [-0.2, 0) is 4.74 Å². The number of ether oxygens (including phenoxy) is 1. The van der Waals surface area contributed by atoms with E-state index in [9.17, 15) is 4.79 Å². The average molecular weight is 345 g/mol. The summed E-state index contributed by atoms with van der Waals surface area (Å²) in [7, 11) is 0. The van der Waals surface area contributed by atoms with Gasteiger partial charge in [-0.1, -0.05) is 0 Å². The van der Waals surface area contributed by atoms with Crippen LogP contribution in [0.1, 0.15) is 32.1 Å². The molecule has 1 N–H and O–H groups in total. The molecule has 3 fully saturated rings. The van der Waals surface area contributed by atoms with Gasteiger partial charge in [0.15, 0.2) is 0 Å². The lowest BCUT2D eigenvalue weighted by atomic mass is 10.1. The van der Waals surface area contributed by atoms with Gasteiger partial charge < -0.3 is 19.9 Å². The van der Waals surface area contributed by atoms with Crippen molar-refractivity contribution >= 4 is 12.0 Å². The summed E-state index contributed by atoms with van der Waals surface area (Å²) in [5, 5.41) is 3.26. The number of carbonyl (C=O) groups excluding carboxylic acids is 1. The number of amides is 2. The molecule has 4 rings (SSSR count). The number of rotatable bonds is 5. The van der Waals surface area contributed by atoms with E-state index in [0.717, 1.165) is 70.9 Å². The van der Waals surface area contributed by atoms with Crippen molar-refractivity contribution in [2.24, 2.45) is 5.92 Å². The van der Waals surface area contributed by atoms with Gasteiger partial charge in [-0.05, 0) is 38.2 Å². The van der Waals surface area contributed by atoms with Crippen molar-refractivity contribution in [3.8, 4) is 0 Å². The number of urea groups is 1. The second-order valence-electron chi connectivity index (χ2n) is 7.40. The van der Waals surface area contributed by atoms with E-state index in [0.29, 0.717) is 12.0 Å². The Bertz CT molecular complexity index is 574. The third kappa shape index (κ3) is 4.21. The summed E-state index contributed by atoms with van der Waals surface area (Å²) >= 11 is 0. The fourth-order valence-corrected chi connectivity index (χ4v) is 3.78. The summed E-state index contributed by atoms with van der Waals surface area (Å²) in [6, 6.07) is 2.51. The molecular weight excluding hydrogens is 318 g/mol. The van der Waals surface area contributed by atoms with Crippen molar-refractivity contribution in [1.29, 1.82) is 0 Å². The second kappa shape index (κ2) is 7.56. The van der Waals surface area contributed by atoms with E-state index in [2.05, 4.69) is 25.1 Å². The molecule has 2 saturated heterocycles. The molecule has 1 aromatic heterocycles. The third-order valence-corrected chi connectivity index (χ3v) is 5.31. The first-order valence-electron chi connectivity index (χ1n) is 9.46. The maximum atomic E-state index is 12.8. The van der Waals surface area contributed by atoms with Crippen molar-refractivity contribution in [2.75, 3.05) is 37.7 Å². The Hall–Kier alpha value is -1.89. The molecule has 3 heterocycles. The van der Waals surface area contributed by atoms with Gasteiger partial charge in [0.25, 0.3) is 0 Å². The molecule has 7 heteroatoms. The number of carbonyl (C=O) groups is 1. The maximum absolute atomic E-state index is 12.8. The Morgan fingerprint density at radius 2 is 2.12 bits per heavy atom. The van der Waals surface area contributed by atoms with Crippen molar-refractivity contribution < 1.29 is 9.53 Å². The molecule has 1 aromatic rings. The first kappa shape index (κ1) is 16.6. The largest absolute Gasteiger partial charge is 0.381 e. The van der Waals surface area contributed by atoms with Gasteiger partial charge in [0.2, 0.25) is 5.95 Å². The van der Waals surface area contributed by atoms with Gasteiger partial charge in [-0.2, -0.15) is 0 Å². The van der Waals surface area contributed by atoms with Crippen molar-refractivity contribution in [1.82, 2.24) is 20.2 Å². The lowest BCUT2D eigenvalue weighted by molar-refractivity contribution is 0.159. The fraction of sp³-hybridized carbons (Fsp3) is 0.722. The van der Waals surface area contributed by atoms with E-state index in [-0.39, 0.29) is 12.1 Å². The predicted octanol–water partition coefficient (Wildman–Crippen LogP) is 1.66. The highest BCUT2D eigenvalue weighted by Gasteiger charge is 2.36. The minimum Gasteiger partial charge on any atom is -0.381 e. The van der Waals surface area contributed by atoms with E-state index in [1.54, 1.807) is 12.4 Å². The summed E-state index contributed by atoms with van der Waals surface area (Å²) in [5.41, 5.74) is 0. The first-order chi connectivity index (χ1) is 12.3. The second-order valence-corrected chi connectivity index (χ2v) is 7.40. The molecule has 0 unspecified atom stereocenters. The van der Waals surface area contributed by atoms with Gasteiger partial charge >= 0.3 is 6.03 Å². The highest BCUT2D eigenvalue weighted by atomic mass is 16.5. The van der Waals surface area contributed by atoms with Crippen LogP contribution in [0.3, 0.4) is 0 Å². The van der Waals surface area contributed by atoms with Gasteiger partial charge in [0.1, 0.15) is 0 Å². The van der Waals surface area contributed by atoms with Crippen LogP contribution in [0.25, 0.3) is 0 Å². The van der Waals surface area contributed by atoms with Gasteiger partial charge in [-0.15, -0.1) is 0 Å². The molecule has 2 aliphatic heterocycles. The van der Waals surface area contributed by atoms with Crippen LogP contribution in [0.5, 0.6) is 0 Å². The Kier molecular flexibility index (Phi) is 5.01. The SMILES string of the molecule is O=C(N[C@@H]1CCCN(c2ncccn2)C1)N(C[C@H]1CCOC1)C1CC1. The Labute approximate surface area is 148 Å². The average Bonchev–Trinajstić information content (AvgIpc) is 3.36. The zero-order valence-electron chi connectivity index (χ0n) is 14.6. The number of nitrogens with zero attached hydrogens (tertiary/aromatic N) is 4. The molecule has 0 bridgehead atoms. The molecule has 7 nitrogen and oxygen atoms in total. The maximum Gasteiger partial charge on any atom is 0.317 e. The number of anilines is 1. The summed E-state index contributed by atoms with van der Waals surface area (Å²) in [4.78, 5) is 25.7. The minimum atomic E-state index is 0.0928. The van der Waals surface area contributed by atoms with E-state index in [4.69, 9.17) is 4.74 Å². The summed E-state index contributed by atoms with van der Waals surface area (Å²) < 4.78 is 5.47. The van der Waals surface area contributed by atoms with Crippen LogP contribution >= 0.6 is 0 Å². The van der Waals surface area contributed by atoms with E-state index in [1.807, 2.05) is 6.07 Å². The van der Waals surface area contributed by atoms with Crippen LogP contribution in [0.4, 0.5) is 10.7 Å². The van der Waals surface area contributed by atoms with Crippen molar-refractivity contribution in [3.63, 3.8) is 0 Å². The molecule has 136 valence electrons. The van der Waals surface area contributed by atoms with Crippen LogP contribution < -0.4 is 10.2 Å². The molecule has 1 saturated carbocycles. The molecule has 0 radical (unpaired) electrons. The number of hydrogen-bond acceptors (Lipinski definition) is 5. The quantitative estimate of drug-likeness (QED) is 0.879. The lowest BCUT2D eigenvalue weighted by Gasteiger charge is -2.35. The molecular formula is C18H27N5O2. The minimum absolute atomic E-state index is 0.0928. The highest BCUT2D eigenvalue weighted by molar-refractivity contribution is 5.75. The lowest BCUT2D eigenvalue weighted by Crippen LogP contribution is -2.53. The molecule has 3 aliphatic rings. The Balaban J connectivity index is 1.34. The van der Waals surface area contributed by atoms with Gasteiger partial charge in [0, 0.05) is 56.6 Å². The van der Waals surface area contributed by atoms with Gasteiger partial charge in [-0.3, -0.25) is 0 Å². The molecule has 2 atom stereocenters. The highest BCUT2D eigenvalue weighted by Crippen LogP contribution is 2.29. The van der Waals surface area contributed by atoms with E-state index in [1.165, 1.54) is 0 Å². The normalized spacial score (nSPS) is 26.5. The van der Waals surface area contributed by atoms with Gasteiger partial charge in [-0.25, -0.2) is 14.8 Å². The fourth-order valence-electron chi connectivity index (χ4n) is 3.78. The zero-order valence-corrected chi connectivity index (χ0v) is 14.6. The summed E-state index contributed by atoms with van der Waals surface area (Å²) in [5.74, 6) is 1.25. The number of nitrogens with one attached hydrogen (secondary N) is 1. The Morgan fingerprint density at radius 3 is 2.84 bits per heavy atom. The van der Waals surface area contributed by atoms with Crippen molar-refractivity contribution in [3.05, 3.63) is 18.5 Å². The molecule has 1 aliphatic carbocycles. The van der Waals surface area contributed by atoms with Crippen LogP contribution in [-0.4, -0.2) is 65.8 Å². The van der Waals surface area contributed by atoms with Gasteiger partial charge in [0.05, 0.1) is 6.61 Å². The van der Waals surface area contributed by atoms with E-state index >= 15 is 0 Å². The third-order valence-electron chi connectivity index (χ3n) is 5.31.